The molecule has 1 amide bonds. The van der Waals surface area contributed by atoms with Gasteiger partial charge in [-0.25, -0.2) is 0 Å². The Morgan fingerprint density at radius 1 is 1.33 bits per heavy atom. The zero-order valence-corrected chi connectivity index (χ0v) is 9.41. The van der Waals surface area contributed by atoms with Crippen LogP contribution in [0.25, 0.3) is 0 Å². The SMILES string of the molecule is COCC(C)(C)NC(=O)c1ccccc1. The minimum Gasteiger partial charge on any atom is -0.382 e. The molecule has 1 aromatic rings. The lowest BCUT2D eigenvalue weighted by Crippen LogP contribution is -2.46. The molecule has 0 fully saturated rings. The number of methoxy groups -OCH3 is 1. The van der Waals surface area contributed by atoms with Crippen LogP contribution in [0.15, 0.2) is 30.3 Å². The Morgan fingerprint density at radius 2 is 1.93 bits per heavy atom. The van der Waals surface area contributed by atoms with Crippen LogP contribution in [0.1, 0.15) is 24.2 Å². The second-order valence-corrected chi connectivity index (χ2v) is 4.14. The van der Waals surface area contributed by atoms with Crippen molar-refractivity contribution in [3.05, 3.63) is 35.9 Å². The number of carbonyl (C=O) groups is 1. The highest BCUT2D eigenvalue weighted by Gasteiger charge is 2.20. The summed E-state index contributed by atoms with van der Waals surface area (Å²) >= 11 is 0. The quantitative estimate of drug-likeness (QED) is 0.818. The molecule has 0 unspecified atom stereocenters. The van der Waals surface area contributed by atoms with Gasteiger partial charge in [0.05, 0.1) is 12.1 Å². The van der Waals surface area contributed by atoms with E-state index < -0.39 is 0 Å². The van der Waals surface area contributed by atoms with Crippen molar-refractivity contribution in [1.29, 1.82) is 0 Å². The standard InChI is InChI=1S/C12H17NO2/c1-12(2,9-15-3)13-11(14)10-7-5-4-6-8-10/h4-8H,9H2,1-3H3,(H,13,14). The third-order valence-corrected chi connectivity index (χ3v) is 1.99. The molecule has 82 valence electrons. The van der Waals surface area contributed by atoms with E-state index in [0.717, 1.165) is 0 Å². The molecular formula is C12H17NO2. The average Bonchev–Trinajstić information content (AvgIpc) is 2.18. The molecule has 0 atom stereocenters. The Balaban J connectivity index is 2.64. The predicted octanol–water partition coefficient (Wildman–Crippen LogP) is 1.84. The largest absolute Gasteiger partial charge is 0.382 e. The Morgan fingerprint density at radius 3 is 2.47 bits per heavy atom. The predicted molar refractivity (Wildman–Crippen MR) is 59.9 cm³/mol. The molecule has 1 aromatic carbocycles. The molecule has 0 saturated carbocycles. The summed E-state index contributed by atoms with van der Waals surface area (Å²) < 4.78 is 5.03. The molecule has 0 aliphatic carbocycles. The van der Waals surface area contributed by atoms with E-state index in [1.165, 1.54) is 0 Å². The maximum absolute atomic E-state index is 11.8. The van der Waals surface area contributed by atoms with Crippen molar-refractivity contribution < 1.29 is 9.53 Å². The van der Waals surface area contributed by atoms with Crippen LogP contribution in [0, 0.1) is 0 Å². The Bertz CT molecular complexity index is 320. The van der Waals surface area contributed by atoms with E-state index >= 15 is 0 Å². The van der Waals surface area contributed by atoms with E-state index in [9.17, 15) is 4.79 Å². The van der Waals surface area contributed by atoms with Crippen molar-refractivity contribution in [2.24, 2.45) is 0 Å². The van der Waals surface area contributed by atoms with Gasteiger partial charge in [-0.2, -0.15) is 0 Å². The van der Waals surface area contributed by atoms with Crippen LogP contribution in [-0.2, 0) is 4.74 Å². The van der Waals surface area contributed by atoms with E-state index in [1.54, 1.807) is 19.2 Å². The lowest BCUT2D eigenvalue weighted by Gasteiger charge is -2.25. The molecule has 0 aromatic heterocycles. The summed E-state index contributed by atoms with van der Waals surface area (Å²) in [6.07, 6.45) is 0. The van der Waals surface area contributed by atoms with Crippen LogP contribution >= 0.6 is 0 Å². The first-order valence-electron chi connectivity index (χ1n) is 4.92. The van der Waals surface area contributed by atoms with Crippen molar-refractivity contribution in [2.75, 3.05) is 13.7 Å². The normalized spacial score (nSPS) is 11.1. The van der Waals surface area contributed by atoms with Crippen LogP contribution < -0.4 is 5.32 Å². The molecule has 15 heavy (non-hydrogen) atoms. The highest BCUT2D eigenvalue weighted by atomic mass is 16.5. The molecule has 0 radical (unpaired) electrons. The van der Waals surface area contributed by atoms with Crippen LogP contribution in [0.3, 0.4) is 0 Å². The maximum Gasteiger partial charge on any atom is 0.251 e. The number of hydrogen-bond acceptors (Lipinski definition) is 2. The molecule has 1 N–H and O–H groups in total. The summed E-state index contributed by atoms with van der Waals surface area (Å²) in [5.74, 6) is -0.0716. The van der Waals surface area contributed by atoms with E-state index in [0.29, 0.717) is 12.2 Å². The minimum atomic E-state index is -0.346. The summed E-state index contributed by atoms with van der Waals surface area (Å²) in [7, 11) is 1.62. The van der Waals surface area contributed by atoms with Gasteiger partial charge in [0.1, 0.15) is 0 Å². The molecule has 3 heteroatoms. The number of hydrogen-bond donors (Lipinski definition) is 1. The number of carbonyl (C=O) groups excluding carboxylic acids is 1. The van der Waals surface area contributed by atoms with Crippen molar-refractivity contribution in [3.63, 3.8) is 0 Å². The third-order valence-electron chi connectivity index (χ3n) is 1.99. The second kappa shape index (κ2) is 4.94. The van der Waals surface area contributed by atoms with E-state index in [-0.39, 0.29) is 11.4 Å². The van der Waals surface area contributed by atoms with Crippen LogP contribution in [-0.4, -0.2) is 25.2 Å². The molecule has 0 aliphatic heterocycles. The smallest absolute Gasteiger partial charge is 0.251 e. The van der Waals surface area contributed by atoms with Crippen LogP contribution in [0.5, 0.6) is 0 Å². The fraction of sp³-hybridized carbons (Fsp3) is 0.417. The average molecular weight is 207 g/mol. The molecule has 0 heterocycles. The van der Waals surface area contributed by atoms with Crippen molar-refractivity contribution in [2.45, 2.75) is 19.4 Å². The summed E-state index contributed by atoms with van der Waals surface area (Å²) in [4.78, 5) is 11.8. The number of rotatable bonds is 4. The Kier molecular flexibility index (Phi) is 3.86. The van der Waals surface area contributed by atoms with Gasteiger partial charge in [-0.1, -0.05) is 18.2 Å². The molecule has 0 spiro atoms. The van der Waals surface area contributed by atoms with Gasteiger partial charge in [-0.05, 0) is 26.0 Å². The fourth-order valence-electron chi connectivity index (χ4n) is 1.37. The first-order valence-corrected chi connectivity index (χ1v) is 4.92. The first-order chi connectivity index (χ1) is 7.05. The monoisotopic (exact) mass is 207 g/mol. The van der Waals surface area contributed by atoms with Crippen molar-refractivity contribution in [1.82, 2.24) is 5.32 Å². The van der Waals surface area contributed by atoms with Gasteiger partial charge in [-0.3, -0.25) is 4.79 Å². The Labute approximate surface area is 90.4 Å². The number of nitrogens with one attached hydrogen (secondary N) is 1. The maximum atomic E-state index is 11.8. The van der Waals surface area contributed by atoms with E-state index in [1.807, 2.05) is 32.0 Å². The highest BCUT2D eigenvalue weighted by molar-refractivity contribution is 5.94. The Hall–Kier alpha value is -1.35. The minimum absolute atomic E-state index is 0.0716. The molecule has 0 saturated heterocycles. The topological polar surface area (TPSA) is 38.3 Å². The summed E-state index contributed by atoms with van der Waals surface area (Å²) in [6, 6.07) is 9.16. The second-order valence-electron chi connectivity index (χ2n) is 4.14. The van der Waals surface area contributed by atoms with Crippen molar-refractivity contribution >= 4 is 5.91 Å². The zero-order chi connectivity index (χ0) is 11.3. The fourth-order valence-corrected chi connectivity index (χ4v) is 1.37. The highest BCUT2D eigenvalue weighted by Crippen LogP contribution is 2.05. The van der Waals surface area contributed by atoms with Gasteiger partial charge >= 0.3 is 0 Å². The molecular weight excluding hydrogens is 190 g/mol. The number of benzene rings is 1. The lowest BCUT2D eigenvalue weighted by atomic mass is 10.1. The molecule has 0 bridgehead atoms. The van der Waals surface area contributed by atoms with Gasteiger partial charge in [0, 0.05) is 12.7 Å². The van der Waals surface area contributed by atoms with E-state index in [2.05, 4.69) is 5.32 Å². The van der Waals surface area contributed by atoms with Gasteiger partial charge in [0.25, 0.3) is 5.91 Å². The van der Waals surface area contributed by atoms with Crippen molar-refractivity contribution in [3.8, 4) is 0 Å². The van der Waals surface area contributed by atoms with E-state index in [4.69, 9.17) is 4.74 Å². The summed E-state index contributed by atoms with van der Waals surface area (Å²) in [5, 5.41) is 2.91. The van der Waals surface area contributed by atoms with Gasteiger partial charge in [0.15, 0.2) is 0 Å². The molecule has 0 aliphatic rings. The summed E-state index contributed by atoms with van der Waals surface area (Å²) in [5.41, 5.74) is 0.323. The van der Waals surface area contributed by atoms with Gasteiger partial charge in [0.2, 0.25) is 0 Å². The lowest BCUT2D eigenvalue weighted by molar-refractivity contribution is 0.0820. The van der Waals surface area contributed by atoms with Gasteiger partial charge < -0.3 is 10.1 Å². The van der Waals surface area contributed by atoms with Crippen LogP contribution in [0.4, 0.5) is 0 Å². The summed E-state index contributed by atoms with van der Waals surface area (Å²) in [6.45, 7) is 4.35. The molecule has 1 rings (SSSR count). The first kappa shape index (κ1) is 11.7. The van der Waals surface area contributed by atoms with Gasteiger partial charge in [-0.15, -0.1) is 0 Å². The molecule has 3 nitrogen and oxygen atoms in total. The zero-order valence-electron chi connectivity index (χ0n) is 9.41. The third kappa shape index (κ3) is 3.72. The number of ether oxygens (including phenoxy) is 1. The van der Waals surface area contributed by atoms with Crippen LogP contribution in [0.2, 0.25) is 0 Å². The number of amides is 1.